The molecule has 1 aliphatic rings. The van der Waals surface area contributed by atoms with Crippen LogP contribution in [0.5, 0.6) is 0 Å². The molecule has 1 amide bonds. The molecule has 6 heteroatoms. The molecule has 1 heterocycles. The number of nitrogens with one attached hydrogen (secondary N) is 1. The molecule has 2 atom stereocenters. The van der Waals surface area contributed by atoms with Crippen LogP contribution in [0.15, 0.2) is 48.5 Å². The molecule has 3 rings (SSSR count). The molecule has 3 N–H and O–H groups in total. The van der Waals surface area contributed by atoms with E-state index in [2.05, 4.69) is 22.3 Å². The van der Waals surface area contributed by atoms with Gasteiger partial charge in [-0.15, -0.1) is 12.4 Å². The molecule has 26 heavy (non-hydrogen) atoms. The molecule has 0 radical (unpaired) electrons. The summed E-state index contributed by atoms with van der Waals surface area (Å²) in [4.78, 5) is 14.4. The zero-order chi connectivity index (χ0) is 17.8. The molecular weight excluding hydrogens is 353 g/mol. The van der Waals surface area contributed by atoms with Crippen molar-refractivity contribution in [3.05, 3.63) is 65.5 Å². The van der Waals surface area contributed by atoms with Gasteiger partial charge in [0, 0.05) is 24.7 Å². The molecule has 0 saturated carbocycles. The third kappa shape index (κ3) is 4.81. The Morgan fingerprint density at radius 3 is 2.62 bits per heavy atom. The smallest absolute Gasteiger partial charge is 0.238 e. The van der Waals surface area contributed by atoms with E-state index < -0.39 is 0 Å². The van der Waals surface area contributed by atoms with Crippen LogP contribution in [0.1, 0.15) is 17.0 Å². The van der Waals surface area contributed by atoms with Crippen molar-refractivity contribution in [2.24, 2.45) is 11.7 Å². The first-order valence-electron chi connectivity index (χ1n) is 8.60. The first kappa shape index (κ1) is 20.4. The normalized spacial score (nSPS) is 19.8. The number of anilines is 1. The molecule has 4 nitrogen and oxygen atoms in total. The van der Waals surface area contributed by atoms with Crippen LogP contribution in [0.3, 0.4) is 0 Å². The van der Waals surface area contributed by atoms with E-state index in [1.165, 1.54) is 11.6 Å². The third-order valence-corrected chi connectivity index (χ3v) is 4.87. The van der Waals surface area contributed by atoms with E-state index in [9.17, 15) is 9.18 Å². The lowest BCUT2D eigenvalue weighted by Crippen LogP contribution is -2.32. The van der Waals surface area contributed by atoms with E-state index in [-0.39, 0.29) is 30.7 Å². The summed E-state index contributed by atoms with van der Waals surface area (Å²) in [7, 11) is 0. The van der Waals surface area contributed by atoms with E-state index in [1.54, 1.807) is 19.1 Å². The van der Waals surface area contributed by atoms with Gasteiger partial charge in [-0.25, -0.2) is 4.39 Å². The molecule has 0 aromatic heterocycles. The molecule has 1 saturated heterocycles. The third-order valence-electron chi connectivity index (χ3n) is 4.87. The maximum atomic E-state index is 13.6. The zero-order valence-corrected chi connectivity index (χ0v) is 15.6. The monoisotopic (exact) mass is 377 g/mol. The summed E-state index contributed by atoms with van der Waals surface area (Å²) >= 11 is 0. The Bertz CT molecular complexity index is 741. The van der Waals surface area contributed by atoms with Crippen LogP contribution >= 0.6 is 12.4 Å². The van der Waals surface area contributed by atoms with Gasteiger partial charge in [0.15, 0.2) is 0 Å². The molecule has 0 aliphatic carbocycles. The number of nitrogens with two attached hydrogens (primary N) is 1. The van der Waals surface area contributed by atoms with E-state index in [0.29, 0.717) is 29.6 Å². The number of carbonyl (C=O) groups is 1. The summed E-state index contributed by atoms with van der Waals surface area (Å²) in [6.45, 7) is 4.19. The van der Waals surface area contributed by atoms with Crippen LogP contribution in [0.25, 0.3) is 0 Å². The Morgan fingerprint density at radius 2 is 1.96 bits per heavy atom. The largest absolute Gasteiger partial charge is 0.330 e. The van der Waals surface area contributed by atoms with Crippen molar-refractivity contribution >= 4 is 24.0 Å². The maximum Gasteiger partial charge on any atom is 0.238 e. The van der Waals surface area contributed by atoms with Crippen molar-refractivity contribution in [1.82, 2.24) is 4.90 Å². The van der Waals surface area contributed by atoms with Gasteiger partial charge in [-0.3, -0.25) is 9.69 Å². The highest BCUT2D eigenvalue weighted by atomic mass is 35.5. The Balaban J connectivity index is 0.00000243. The van der Waals surface area contributed by atoms with Crippen molar-refractivity contribution in [1.29, 1.82) is 0 Å². The second-order valence-corrected chi connectivity index (χ2v) is 6.72. The summed E-state index contributed by atoms with van der Waals surface area (Å²) in [5.74, 6) is 0.238. The first-order valence-corrected chi connectivity index (χ1v) is 8.60. The number of rotatable bonds is 5. The summed E-state index contributed by atoms with van der Waals surface area (Å²) in [6, 6.07) is 15.0. The van der Waals surface area contributed by atoms with Gasteiger partial charge in [0.1, 0.15) is 5.82 Å². The second-order valence-electron chi connectivity index (χ2n) is 6.72. The van der Waals surface area contributed by atoms with Crippen LogP contribution in [0, 0.1) is 18.7 Å². The molecule has 1 aliphatic heterocycles. The second kappa shape index (κ2) is 9.12. The minimum absolute atomic E-state index is 0. The Kier molecular flexibility index (Phi) is 7.14. The fraction of sp³-hybridized carbons (Fsp3) is 0.350. The number of carbonyl (C=O) groups excluding carboxylic acids is 1. The fourth-order valence-corrected chi connectivity index (χ4v) is 3.48. The van der Waals surface area contributed by atoms with E-state index >= 15 is 0 Å². The number of hydrogen-bond donors (Lipinski definition) is 2. The quantitative estimate of drug-likeness (QED) is 0.841. The fourth-order valence-electron chi connectivity index (χ4n) is 3.48. The highest BCUT2D eigenvalue weighted by molar-refractivity contribution is 5.92. The predicted octanol–water partition coefficient (Wildman–Crippen LogP) is 3.17. The van der Waals surface area contributed by atoms with Crippen LogP contribution < -0.4 is 11.1 Å². The summed E-state index contributed by atoms with van der Waals surface area (Å²) in [5.41, 5.74) is 8.26. The number of nitrogens with zero attached hydrogens (tertiary/aromatic N) is 1. The van der Waals surface area contributed by atoms with Crippen LogP contribution in [0.2, 0.25) is 0 Å². The van der Waals surface area contributed by atoms with Crippen LogP contribution in [-0.2, 0) is 4.79 Å². The number of benzene rings is 2. The van der Waals surface area contributed by atoms with Gasteiger partial charge >= 0.3 is 0 Å². The van der Waals surface area contributed by atoms with E-state index in [0.717, 1.165) is 13.1 Å². The summed E-state index contributed by atoms with van der Waals surface area (Å²) in [6.07, 6.45) is 0. The molecule has 2 aromatic carbocycles. The van der Waals surface area contributed by atoms with Crippen molar-refractivity contribution in [3.63, 3.8) is 0 Å². The van der Waals surface area contributed by atoms with Gasteiger partial charge in [-0.1, -0.05) is 36.4 Å². The van der Waals surface area contributed by atoms with Gasteiger partial charge in [-0.05, 0) is 42.6 Å². The Morgan fingerprint density at radius 1 is 1.23 bits per heavy atom. The molecule has 1 fully saturated rings. The number of likely N-dealkylation sites (tertiary alicyclic amines) is 1. The molecule has 0 spiro atoms. The lowest BCUT2D eigenvalue weighted by molar-refractivity contribution is -0.117. The van der Waals surface area contributed by atoms with Crippen molar-refractivity contribution < 1.29 is 9.18 Å². The topological polar surface area (TPSA) is 58.4 Å². The zero-order valence-electron chi connectivity index (χ0n) is 14.8. The van der Waals surface area contributed by atoms with Crippen molar-refractivity contribution in [3.8, 4) is 0 Å². The standard InChI is InChI=1S/C20H24FN3O.ClH/c1-14-7-8-17(9-19(14)21)23-20(25)13-24-11-16(10-22)18(12-24)15-5-3-2-4-6-15;/h2-9,16,18H,10-13,22H2,1H3,(H,23,25);1H/t16-,18+;/m1./s1. The van der Waals surface area contributed by atoms with Crippen LogP contribution in [0.4, 0.5) is 10.1 Å². The van der Waals surface area contributed by atoms with Crippen LogP contribution in [-0.4, -0.2) is 37.0 Å². The van der Waals surface area contributed by atoms with Gasteiger partial charge in [0.2, 0.25) is 5.91 Å². The number of hydrogen-bond acceptors (Lipinski definition) is 3. The summed E-state index contributed by atoms with van der Waals surface area (Å²) < 4.78 is 13.6. The highest BCUT2D eigenvalue weighted by Gasteiger charge is 2.33. The Hall–Kier alpha value is -1.95. The minimum Gasteiger partial charge on any atom is -0.330 e. The lowest BCUT2D eigenvalue weighted by Gasteiger charge is -2.16. The highest BCUT2D eigenvalue weighted by Crippen LogP contribution is 2.31. The minimum atomic E-state index is -0.314. The predicted molar refractivity (Wildman–Crippen MR) is 105 cm³/mol. The lowest BCUT2D eigenvalue weighted by atomic mass is 9.89. The molecule has 0 unspecified atom stereocenters. The molecule has 140 valence electrons. The average molecular weight is 378 g/mol. The van der Waals surface area contributed by atoms with Gasteiger partial charge in [0.25, 0.3) is 0 Å². The van der Waals surface area contributed by atoms with Crippen molar-refractivity contribution in [2.75, 3.05) is 31.5 Å². The number of amides is 1. The van der Waals surface area contributed by atoms with Gasteiger partial charge in [-0.2, -0.15) is 0 Å². The summed E-state index contributed by atoms with van der Waals surface area (Å²) in [5, 5.41) is 2.77. The average Bonchev–Trinajstić information content (AvgIpc) is 3.01. The van der Waals surface area contributed by atoms with E-state index in [1.807, 2.05) is 18.2 Å². The van der Waals surface area contributed by atoms with E-state index in [4.69, 9.17) is 5.73 Å². The number of halogens is 2. The van der Waals surface area contributed by atoms with Gasteiger partial charge < -0.3 is 11.1 Å². The maximum absolute atomic E-state index is 13.6. The Labute approximate surface area is 160 Å². The molecule has 0 bridgehead atoms. The van der Waals surface area contributed by atoms with Gasteiger partial charge in [0.05, 0.1) is 6.54 Å². The first-order chi connectivity index (χ1) is 12.1. The SMILES string of the molecule is Cc1ccc(NC(=O)CN2C[C@@H](CN)[C@H](c3ccccc3)C2)cc1F.Cl. The molecular formula is C20H25ClFN3O. The number of aryl methyl sites for hydroxylation is 1. The van der Waals surface area contributed by atoms with Crippen molar-refractivity contribution in [2.45, 2.75) is 12.8 Å². The molecule has 2 aromatic rings.